The van der Waals surface area contributed by atoms with Crippen molar-refractivity contribution in [3.8, 4) is 0 Å². The third-order valence-corrected chi connectivity index (χ3v) is 5.28. The van der Waals surface area contributed by atoms with Crippen LogP contribution in [-0.4, -0.2) is 70.2 Å². The largest absolute Gasteiger partial charge is 0.378 e. The number of ether oxygens (including phenoxy) is 1. The Kier molecular flexibility index (Phi) is 5.89. The second-order valence-electron chi connectivity index (χ2n) is 6.85. The van der Waals surface area contributed by atoms with Crippen LogP contribution in [0.2, 0.25) is 0 Å². The van der Waals surface area contributed by atoms with Crippen LogP contribution in [0.4, 0.5) is 0 Å². The zero-order chi connectivity index (χ0) is 16.9. The first-order valence-electron chi connectivity index (χ1n) is 9.34. The number of carbonyl (C=O) groups is 1. The molecular weight excluding hydrogens is 304 g/mol. The maximum absolute atomic E-state index is 12.6. The number of imidazole rings is 1. The van der Waals surface area contributed by atoms with Gasteiger partial charge >= 0.3 is 0 Å². The lowest BCUT2D eigenvalue weighted by Gasteiger charge is -2.48. The number of morpholine rings is 1. The Labute approximate surface area is 144 Å². The number of nitrogens with zero attached hydrogens (tertiary/aromatic N) is 4. The van der Waals surface area contributed by atoms with E-state index in [1.807, 2.05) is 17.3 Å². The number of hydrogen-bond acceptors (Lipinski definition) is 4. The topological polar surface area (TPSA) is 50.6 Å². The van der Waals surface area contributed by atoms with Crippen molar-refractivity contribution in [3.05, 3.63) is 18.2 Å². The van der Waals surface area contributed by atoms with Crippen molar-refractivity contribution in [1.29, 1.82) is 0 Å². The summed E-state index contributed by atoms with van der Waals surface area (Å²) in [5.74, 6) is 1.30. The van der Waals surface area contributed by atoms with E-state index >= 15 is 0 Å². The zero-order valence-electron chi connectivity index (χ0n) is 15.0. The molecule has 2 aliphatic rings. The molecule has 3 rings (SSSR count). The maximum Gasteiger partial charge on any atom is 0.224 e. The van der Waals surface area contributed by atoms with Gasteiger partial charge in [0.25, 0.3) is 0 Å². The number of aromatic nitrogens is 2. The molecule has 24 heavy (non-hydrogen) atoms. The number of hydrogen-bond donors (Lipinski definition) is 0. The Bertz CT molecular complexity index is 543. The summed E-state index contributed by atoms with van der Waals surface area (Å²) in [6.45, 7) is 9.28. The van der Waals surface area contributed by atoms with Crippen LogP contribution in [0.3, 0.4) is 0 Å². The van der Waals surface area contributed by atoms with Crippen LogP contribution in [0.25, 0.3) is 0 Å². The summed E-state index contributed by atoms with van der Waals surface area (Å²) in [7, 11) is 0. The molecule has 0 aromatic carbocycles. The van der Waals surface area contributed by atoms with Gasteiger partial charge in [-0.2, -0.15) is 0 Å². The highest BCUT2D eigenvalue weighted by atomic mass is 16.5. The Balaban J connectivity index is 1.52. The van der Waals surface area contributed by atoms with Crippen molar-refractivity contribution in [2.75, 3.05) is 32.8 Å². The van der Waals surface area contributed by atoms with Crippen LogP contribution in [0.1, 0.15) is 38.9 Å². The number of amides is 1. The van der Waals surface area contributed by atoms with Gasteiger partial charge in [0.2, 0.25) is 5.91 Å². The molecule has 2 fully saturated rings. The van der Waals surface area contributed by atoms with Crippen molar-refractivity contribution in [3.63, 3.8) is 0 Å². The molecule has 0 aliphatic carbocycles. The van der Waals surface area contributed by atoms with Crippen LogP contribution in [-0.2, 0) is 22.5 Å². The van der Waals surface area contributed by atoms with E-state index in [0.717, 1.165) is 51.6 Å². The van der Waals surface area contributed by atoms with Crippen LogP contribution >= 0.6 is 0 Å². The molecule has 0 unspecified atom stereocenters. The van der Waals surface area contributed by atoms with Gasteiger partial charge in [-0.3, -0.25) is 9.69 Å². The lowest BCUT2D eigenvalue weighted by molar-refractivity contribution is -0.140. The van der Waals surface area contributed by atoms with E-state index in [9.17, 15) is 4.79 Å². The molecule has 0 spiro atoms. The molecule has 2 aliphatic heterocycles. The highest BCUT2D eigenvalue weighted by molar-refractivity contribution is 5.76. The minimum Gasteiger partial charge on any atom is -0.378 e. The number of rotatable bonds is 6. The summed E-state index contributed by atoms with van der Waals surface area (Å²) < 4.78 is 7.88. The smallest absolute Gasteiger partial charge is 0.224 e. The third-order valence-electron chi connectivity index (χ3n) is 5.28. The molecule has 1 amide bonds. The molecule has 3 heterocycles. The van der Waals surface area contributed by atoms with E-state index in [2.05, 4.69) is 28.3 Å². The Morgan fingerprint density at radius 2 is 2.21 bits per heavy atom. The summed E-state index contributed by atoms with van der Waals surface area (Å²) >= 11 is 0. The van der Waals surface area contributed by atoms with Gasteiger partial charge in [-0.15, -0.1) is 0 Å². The predicted molar refractivity (Wildman–Crippen MR) is 92.8 cm³/mol. The summed E-state index contributed by atoms with van der Waals surface area (Å²) in [6.07, 6.45) is 7.60. The molecule has 0 saturated carbocycles. The zero-order valence-corrected chi connectivity index (χ0v) is 15.0. The van der Waals surface area contributed by atoms with Crippen molar-refractivity contribution >= 4 is 5.91 Å². The average Bonchev–Trinajstić information content (AvgIpc) is 3.07. The molecule has 1 aromatic rings. The fraction of sp³-hybridized carbons (Fsp3) is 0.778. The predicted octanol–water partition coefficient (Wildman–Crippen LogP) is 1.55. The number of carbonyl (C=O) groups excluding carboxylic acids is 1. The third kappa shape index (κ3) is 3.81. The van der Waals surface area contributed by atoms with E-state index in [1.54, 1.807) is 0 Å². The van der Waals surface area contributed by atoms with Gasteiger partial charge in [0.05, 0.1) is 19.3 Å². The van der Waals surface area contributed by atoms with Gasteiger partial charge < -0.3 is 14.2 Å². The van der Waals surface area contributed by atoms with E-state index in [-0.39, 0.29) is 5.91 Å². The Hall–Kier alpha value is -1.40. The van der Waals surface area contributed by atoms with Crippen LogP contribution in [0.5, 0.6) is 0 Å². The first-order chi connectivity index (χ1) is 11.7. The molecule has 0 radical (unpaired) electrons. The van der Waals surface area contributed by atoms with Crippen molar-refractivity contribution in [1.82, 2.24) is 19.4 Å². The highest BCUT2D eigenvalue weighted by Gasteiger charge is 2.36. The SMILES string of the molecule is CCC[C@H]1COC[C@H]2CN(C(=O)CCn3ccnc3CC)CCN12. The molecule has 0 N–H and O–H groups in total. The summed E-state index contributed by atoms with van der Waals surface area (Å²) in [4.78, 5) is 21.5. The summed E-state index contributed by atoms with van der Waals surface area (Å²) in [5, 5.41) is 0. The van der Waals surface area contributed by atoms with Gasteiger partial charge in [-0.1, -0.05) is 20.3 Å². The average molecular weight is 334 g/mol. The first kappa shape index (κ1) is 17.4. The quantitative estimate of drug-likeness (QED) is 0.792. The number of aryl methyl sites for hydroxylation is 2. The molecule has 6 nitrogen and oxygen atoms in total. The maximum atomic E-state index is 12.6. The summed E-state index contributed by atoms with van der Waals surface area (Å²) in [5.41, 5.74) is 0. The van der Waals surface area contributed by atoms with Crippen LogP contribution < -0.4 is 0 Å². The van der Waals surface area contributed by atoms with Crippen LogP contribution in [0.15, 0.2) is 12.4 Å². The van der Waals surface area contributed by atoms with Gasteiger partial charge in [0.1, 0.15) is 5.82 Å². The Morgan fingerprint density at radius 1 is 1.33 bits per heavy atom. The van der Waals surface area contributed by atoms with Crippen molar-refractivity contribution < 1.29 is 9.53 Å². The van der Waals surface area contributed by atoms with Gasteiger partial charge in [0.15, 0.2) is 0 Å². The van der Waals surface area contributed by atoms with Crippen molar-refractivity contribution in [2.24, 2.45) is 0 Å². The second-order valence-corrected chi connectivity index (χ2v) is 6.85. The van der Waals surface area contributed by atoms with E-state index < -0.39 is 0 Å². The van der Waals surface area contributed by atoms with Gasteiger partial charge in [-0.25, -0.2) is 4.98 Å². The molecule has 0 bridgehead atoms. The molecule has 2 atom stereocenters. The number of piperazine rings is 1. The fourth-order valence-electron chi connectivity index (χ4n) is 3.98. The molecular formula is C18H30N4O2. The lowest BCUT2D eigenvalue weighted by Crippen LogP contribution is -2.62. The van der Waals surface area contributed by atoms with Gasteiger partial charge in [-0.05, 0) is 6.42 Å². The monoisotopic (exact) mass is 334 g/mol. The molecule has 1 aromatic heterocycles. The van der Waals surface area contributed by atoms with E-state index in [0.29, 0.717) is 18.5 Å². The first-order valence-corrected chi connectivity index (χ1v) is 9.34. The van der Waals surface area contributed by atoms with Crippen LogP contribution in [0, 0.1) is 0 Å². The van der Waals surface area contributed by atoms with E-state index in [4.69, 9.17) is 4.74 Å². The fourth-order valence-corrected chi connectivity index (χ4v) is 3.98. The molecule has 134 valence electrons. The molecule has 6 heteroatoms. The van der Waals surface area contributed by atoms with E-state index in [1.165, 1.54) is 12.8 Å². The van der Waals surface area contributed by atoms with Crippen molar-refractivity contribution in [2.45, 2.75) is 58.2 Å². The van der Waals surface area contributed by atoms with Gasteiger partial charge in [0, 0.05) is 57.5 Å². The number of fused-ring (bicyclic) bond motifs is 1. The standard InChI is InChI=1S/C18H30N4O2/c1-3-5-15-13-24-14-16-12-21(10-11-22(15)16)18(23)6-8-20-9-7-19-17(20)4-2/h7,9,15-16H,3-6,8,10-14H2,1-2H3/t15-,16+/m0/s1. The lowest BCUT2D eigenvalue weighted by atomic mass is 10.0. The second kappa shape index (κ2) is 8.12. The minimum absolute atomic E-state index is 0.253. The molecule has 2 saturated heterocycles. The minimum atomic E-state index is 0.253. The summed E-state index contributed by atoms with van der Waals surface area (Å²) in [6, 6.07) is 0.900. The normalized spacial score (nSPS) is 24.8. The highest BCUT2D eigenvalue weighted by Crippen LogP contribution is 2.22. The Morgan fingerprint density at radius 3 is 3.00 bits per heavy atom.